The minimum atomic E-state index is -0.205. The monoisotopic (exact) mass is 193 g/mol. The number of carbonyl (C=O) groups is 1. The predicted octanol–water partition coefficient (Wildman–Crippen LogP) is 1.78. The van der Waals surface area contributed by atoms with Gasteiger partial charge in [0, 0.05) is 25.2 Å². The highest BCUT2D eigenvalue weighted by Gasteiger charge is 2.25. The lowest BCUT2D eigenvalue weighted by molar-refractivity contribution is -0.108. The van der Waals surface area contributed by atoms with Gasteiger partial charge in [0.2, 0.25) is 0 Å². The van der Waals surface area contributed by atoms with Crippen LogP contribution in [0.2, 0.25) is 0 Å². The zero-order chi connectivity index (χ0) is 10.1. The number of likely N-dealkylation sites (N-methyl/N-ethyl adjacent to an activating group) is 1. The summed E-state index contributed by atoms with van der Waals surface area (Å²) in [5.74, 6) is -0.205. The Bertz CT molecular complexity index is 364. The number of aldehydes is 1. The Morgan fingerprint density at radius 2 is 2.43 bits per heavy atom. The number of rotatable bonds is 2. The summed E-state index contributed by atoms with van der Waals surface area (Å²) in [5, 5.41) is 0. The molecule has 74 valence electrons. The van der Waals surface area contributed by atoms with Gasteiger partial charge in [-0.05, 0) is 30.2 Å². The number of nitrogens with zero attached hydrogens (tertiary/aromatic N) is 1. The Hall–Kier alpha value is -1.38. The van der Waals surface area contributed by atoms with E-state index in [2.05, 4.69) is 0 Å². The van der Waals surface area contributed by atoms with Crippen LogP contribution in [0, 0.1) is 5.82 Å². The fraction of sp³-hybridized carbons (Fsp3) is 0.364. The van der Waals surface area contributed by atoms with Gasteiger partial charge in [-0.2, -0.15) is 0 Å². The number of carbonyl (C=O) groups excluding carboxylic acids is 1. The Labute approximate surface area is 82.3 Å². The van der Waals surface area contributed by atoms with Crippen molar-refractivity contribution < 1.29 is 9.18 Å². The van der Waals surface area contributed by atoms with Crippen molar-refractivity contribution >= 4 is 12.0 Å². The average Bonchev–Trinajstić information content (AvgIpc) is 2.44. The molecule has 1 aliphatic heterocycles. The van der Waals surface area contributed by atoms with Crippen molar-refractivity contribution in [3.8, 4) is 0 Å². The lowest BCUT2D eigenvalue weighted by Crippen LogP contribution is -2.27. The molecule has 1 aliphatic rings. The van der Waals surface area contributed by atoms with E-state index < -0.39 is 0 Å². The quantitative estimate of drug-likeness (QED) is 0.667. The van der Waals surface area contributed by atoms with Crippen LogP contribution in [0.25, 0.3) is 0 Å². The van der Waals surface area contributed by atoms with E-state index in [0.717, 1.165) is 24.0 Å². The molecule has 0 aromatic heterocycles. The van der Waals surface area contributed by atoms with Crippen molar-refractivity contribution in [1.29, 1.82) is 0 Å². The fourth-order valence-corrected chi connectivity index (χ4v) is 2.00. The fourth-order valence-electron chi connectivity index (χ4n) is 2.00. The topological polar surface area (TPSA) is 20.3 Å². The van der Waals surface area contributed by atoms with Crippen molar-refractivity contribution in [1.82, 2.24) is 0 Å². The van der Waals surface area contributed by atoms with Gasteiger partial charge in [0.25, 0.3) is 0 Å². The maximum absolute atomic E-state index is 12.9. The molecule has 1 unspecified atom stereocenters. The SMILES string of the molecule is CN1c2ccc(F)cc2CC1CC=O. The second-order valence-electron chi connectivity index (χ2n) is 3.64. The van der Waals surface area contributed by atoms with Crippen LogP contribution in [0.3, 0.4) is 0 Å². The zero-order valence-corrected chi connectivity index (χ0v) is 8.03. The van der Waals surface area contributed by atoms with E-state index in [1.807, 2.05) is 11.9 Å². The Morgan fingerprint density at radius 3 is 3.14 bits per heavy atom. The molecule has 1 heterocycles. The highest BCUT2D eigenvalue weighted by molar-refractivity contribution is 5.62. The molecular formula is C11H12FNO. The van der Waals surface area contributed by atoms with E-state index in [9.17, 15) is 9.18 Å². The first-order valence-corrected chi connectivity index (χ1v) is 4.67. The zero-order valence-electron chi connectivity index (χ0n) is 8.03. The number of benzene rings is 1. The lowest BCUT2D eigenvalue weighted by atomic mass is 10.1. The summed E-state index contributed by atoms with van der Waals surface area (Å²) in [5.41, 5.74) is 2.04. The molecule has 2 nitrogen and oxygen atoms in total. The van der Waals surface area contributed by atoms with Gasteiger partial charge in [-0.3, -0.25) is 0 Å². The van der Waals surface area contributed by atoms with Crippen molar-refractivity contribution in [3.05, 3.63) is 29.6 Å². The number of hydrogen-bond acceptors (Lipinski definition) is 2. The Kier molecular flexibility index (Phi) is 2.23. The van der Waals surface area contributed by atoms with Crippen LogP contribution < -0.4 is 4.90 Å². The summed E-state index contributed by atoms with van der Waals surface area (Å²) in [6.07, 6.45) is 2.19. The molecule has 2 rings (SSSR count). The predicted molar refractivity (Wildman–Crippen MR) is 53.0 cm³/mol. The third kappa shape index (κ3) is 1.39. The highest BCUT2D eigenvalue weighted by Crippen LogP contribution is 2.32. The third-order valence-electron chi connectivity index (χ3n) is 2.79. The second kappa shape index (κ2) is 3.40. The smallest absolute Gasteiger partial charge is 0.123 e. The van der Waals surface area contributed by atoms with Crippen LogP contribution in [0.1, 0.15) is 12.0 Å². The Morgan fingerprint density at radius 1 is 1.64 bits per heavy atom. The molecule has 0 saturated heterocycles. The number of anilines is 1. The van der Waals surface area contributed by atoms with Crippen LogP contribution in [0.15, 0.2) is 18.2 Å². The summed E-state index contributed by atoms with van der Waals surface area (Å²) in [6.45, 7) is 0. The van der Waals surface area contributed by atoms with E-state index in [1.165, 1.54) is 6.07 Å². The number of halogens is 1. The number of fused-ring (bicyclic) bond motifs is 1. The van der Waals surface area contributed by atoms with Gasteiger partial charge in [-0.1, -0.05) is 0 Å². The largest absolute Gasteiger partial charge is 0.371 e. The van der Waals surface area contributed by atoms with E-state index in [1.54, 1.807) is 12.1 Å². The molecule has 0 fully saturated rings. The molecule has 14 heavy (non-hydrogen) atoms. The van der Waals surface area contributed by atoms with E-state index in [-0.39, 0.29) is 11.9 Å². The van der Waals surface area contributed by atoms with Gasteiger partial charge in [-0.25, -0.2) is 4.39 Å². The molecule has 0 N–H and O–H groups in total. The minimum Gasteiger partial charge on any atom is -0.371 e. The van der Waals surface area contributed by atoms with Crippen LogP contribution in [-0.2, 0) is 11.2 Å². The molecule has 0 spiro atoms. The van der Waals surface area contributed by atoms with E-state index in [0.29, 0.717) is 6.42 Å². The summed E-state index contributed by atoms with van der Waals surface area (Å²) in [6, 6.07) is 4.98. The first kappa shape index (κ1) is 9.19. The van der Waals surface area contributed by atoms with E-state index in [4.69, 9.17) is 0 Å². The molecular weight excluding hydrogens is 181 g/mol. The molecule has 1 aromatic carbocycles. The van der Waals surface area contributed by atoms with Crippen molar-refractivity contribution in [3.63, 3.8) is 0 Å². The summed E-state index contributed by atoms with van der Waals surface area (Å²) < 4.78 is 12.9. The average molecular weight is 193 g/mol. The normalized spacial score (nSPS) is 19.6. The van der Waals surface area contributed by atoms with Gasteiger partial charge < -0.3 is 9.69 Å². The minimum absolute atomic E-state index is 0.198. The van der Waals surface area contributed by atoms with Gasteiger partial charge in [0.1, 0.15) is 12.1 Å². The molecule has 0 saturated carbocycles. The first-order chi connectivity index (χ1) is 6.72. The maximum Gasteiger partial charge on any atom is 0.123 e. The van der Waals surface area contributed by atoms with Crippen molar-refractivity contribution in [2.45, 2.75) is 18.9 Å². The molecule has 3 heteroatoms. The third-order valence-corrected chi connectivity index (χ3v) is 2.79. The van der Waals surface area contributed by atoms with Crippen LogP contribution in [-0.4, -0.2) is 19.4 Å². The molecule has 0 amide bonds. The van der Waals surface area contributed by atoms with Crippen molar-refractivity contribution in [2.75, 3.05) is 11.9 Å². The van der Waals surface area contributed by atoms with Crippen LogP contribution >= 0.6 is 0 Å². The second-order valence-corrected chi connectivity index (χ2v) is 3.64. The number of hydrogen-bond donors (Lipinski definition) is 0. The van der Waals surface area contributed by atoms with E-state index >= 15 is 0 Å². The van der Waals surface area contributed by atoms with Gasteiger partial charge in [0.15, 0.2) is 0 Å². The van der Waals surface area contributed by atoms with Gasteiger partial charge >= 0.3 is 0 Å². The Balaban J connectivity index is 2.30. The van der Waals surface area contributed by atoms with Crippen LogP contribution in [0.5, 0.6) is 0 Å². The van der Waals surface area contributed by atoms with Gasteiger partial charge in [0.05, 0.1) is 0 Å². The van der Waals surface area contributed by atoms with Gasteiger partial charge in [-0.15, -0.1) is 0 Å². The standard InChI is InChI=1S/C11H12FNO/c1-13-10(4-5-14)7-8-6-9(12)2-3-11(8)13/h2-3,5-6,10H,4,7H2,1H3. The summed E-state index contributed by atoms with van der Waals surface area (Å²) in [7, 11) is 1.94. The molecule has 0 bridgehead atoms. The maximum atomic E-state index is 12.9. The molecule has 1 atom stereocenters. The van der Waals surface area contributed by atoms with Crippen LogP contribution in [0.4, 0.5) is 10.1 Å². The first-order valence-electron chi connectivity index (χ1n) is 4.67. The molecule has 0 radical (unpaired) electrons. The summed E-state index contributed by atoms with van der Waals surface area (Å²) >= 11 is 0. The van der Waals surface area contributed by atoms with Crippen molar-refractivity contribution in [2.24, 2.45) is 0 Å². The lowest BCUT2D eigenvalue weighted by Gasteiger charge is -2.20. The molecule has 0 aliphatic carbocycles. The summed E-state index contributed by atoms with van der Waals surface area (Å²) in [4.78, 5) is 12.5. The molecule has 1 aromatic rings. The highest BCUT2D eigenvalue weighted by atomic mass is 19.1.